The van der Waals surface area contributed by atoms with Crippen molar-refractivity contribution in [1.82, 2.24) is 9.80 Å². The largest absolute Gasteiger partial charge is 0.493 e. The van der Waals surface area contributed by atoms with Crippen LogP contribution in [-0.2, 0) is 0 Å². The van der Waals surface area contributed by atoms with E-state index < -0.39 is 11.9 Å². The van der Waals surface area contributed by atoms with Gasteiger partial charge in [-0.1, -0.05) is 11.6 Å². The van der Waals surface area contributed by atoms with Crippen molar-refractivity contribution in [2.45, 2.75) is 6.04 Å². The van der Waals surface area contributed by atoms with Gasteiger partial charge in [0.2, 0.25) is 5.75 Å². The van der Waals surface area contributed by atoms with Crippen molar-refractivity contribution in [2.24, 2.45) is 0 Å². The molecule has 9 heteroatoms. The predicted molar refractivity (Wildman–Crippen MR) is 114 cm³/mol. The van der Waals surface area contributed by atoms with Crippen molar-refractivity contribution in [1.29, 1.82) is 0 Å². The molecule has 162 valence electrons. The highest BCUT2D eigenvalue weighted by Gasteiger charge is 2.39. The smallest absolute Gasteiger partial charge is 0.322 e. The van der Waals surface area contributed by atoms with E-state index in [4.69, 9.17) is 25.8 Å². The first-order chi connectivity index (χ1) is 14.3. The van der Waals surface area contributed by atoms with Crippen LogP contribution in [0.1, 0.15) is 17.2 Å². The van der Waals surface area contributed by atoms with Gasteiger partial charge in [-0.3, -0.25) is 0 Å². The van der Waals surface area contributed by atoms with Gasteiger partial charge in [-0.2, -0.15) is 0 Å². The summed E-state index contributed by atoms with van der Waals surface area (Å²) in [6.07, 6.45) is 0. The third-order valence-corrected chi connectivity index (χ3v) is 5.23. The Balaban J connectivity index is 2.30. The third kappa shape index (κ3) is 3.97. The molecule has 0 aliphatic carbocycles. The molecule has 30 heavy (non-hydrogen) atoms. The van der Waals surface area contributed by atoms with Gasteiger partial charge < -0.3 is 29.3 Å². The monoisotopic (exact) mass is 437 g/mol. The van der Waals surface area contributed by atoms with Crippen LogP contribution >= 0.6 is 11.6 Å². The number of methoxy groups -OCH3 is 3. The molecule has 0 saturated heterocycles. The van der Waals surface area contributed by atoms with Gasteiger partial charge in [-0.05, 0) is 32.3 Å². The summed E-state index contributed by atoms with van der Waals surface area (Å²) in [5, 5.41) is 3.23. The molecule has 1 N–H and O–H groups in total. The summed E-state index contributed by atoms with van der Waals surface area (Å²) >= 11 is 6.18. The predicted octanol–water partition coefficient (Wildman–Crippen LogP) is 4.00. The molecule has 1 aliphatic rings. The van der Waals surface area contributed by atoms with E-state index in [1.54, 1.807) is 11.0 Å². The first-order valence-corrected chi connectivity index (χ1v) is 9.70. The van der Waals surface area contributed by atoms with E-state index in [0.717, 1.165) is 0 Å². The number of fused-ring (bicyclic) bond motifs is 1. The number of halogens is 2. The fraction of sp³-hybridized carbons (Fsp3) is 0.381. The molecular formula is C21H25ClFN3O4. The van der Waals surface area contributed by atoms with Crippen molar-refractivity contribution in [3.63, 3.8) is 0 Å². The average Bonchev–Trinajstić information content (AvgIpc) is 2.72. The average molecular weight is 438 g/mol. The Bertz CT molecular complexity index is 954. The molecule has 1 heterocycles. The number of amides is 2. The molecule has 0 radical (unpaired) electrons. The molecule has 1 unspecified atom stereocenters. The Hall–Kier alpha value is -2.71. The van der Waals surface area contributed by atoms with E-state index in [-0.39, 0.29) is 11.6 Å². The molecule has 2 aromatic carbocycles. The number of ether oxygens (including phenoxy) is 3. The highest BCUT2D eigenvalue weighted by molar-refractivity contribution is 6.30. The Labute approximate surface area is 180 Å². The van der Waals surface area contributed by atoms with Gasteiger partial charge in [0.15, 0.2) is 11.5 Å². The molecule has 0 fully saturated rings. The molecule has 2 aromatic rings. The molecule has 0 bridgehead atoms. The zero-order valence-electron chi connectivity index (χ0n) is 17.6. The molecular weight excluding hydrogens is 413 g/mol. The van der Waals surface area contributed by atoms with Crippen molar-refractivity contribution in [2.75, 3.05) is 53.8 Å². The van der Waals surface area contributed by atoms with Gasteiger partial charge in [0.1, 0.15) is 5.82 Å². The summed E-state index contributed by atoms with van der Waals surface area (Å²) in [6.45, 7) is 0.934. The van der Waals surface area contributed by atoms with Crippen LogP contribution in [0.15, 0.2) is 24.3 Å². The fourth-order valence-electron chi connectivity index (χ4n) is 3.60. The second-order valence-corrected chi connectivity index (χ2v) is 7.54. The van der Waals surface area contributed by atoms with Gasteiger partial charge in [-0.15, -0.1) is 0 Å². The zero-order valence-corrected chi connectivity index (χ0v) is 18.3. The molecule has 0 aromatic heterocycles. The minimum atomic E-state index is -0.776. The number of likely N-dealkylation sites (N-methyl/N-ethyl adjacent to an activating group) is 1. The van der Waals surface area contributed by atoms with Crippen LogP contribution in [0.4, 0.5) is 14.9 Å². The van der Waals surface area contributed by atoms with Crippen LogP contribution < -0.4 is 19.5 Å². The van der Waals surface area contributed by atoms with Crippen molar-refractivity contribution in [3.05, 3.63) is 46.2 Å². The molecule has 1 atom stereocenters. The quantitative estimate of drug-likeness (QED) is 0.709. The second-order valence-electron chi connectivity index (χ2n) is 7.10. The van der Waals surface area contributed by atoms with Crippen molar-refractivity contribution < 1.29 is 23.4 Å². The van der Waals surface area contributed by atoms with E-state index in [9.17, 15) is 9.18 Å². The number of carbonyl (C=O) groups is 1. The van der Waals surface area contributed by atoms with E-state index in [1.165, 1.54) is 39.5 Å². The van der Waals surface area contributed by atoms with E-state index in [0.29, 0.717) is 46.6 Å². The number of hydrogen-bond donors (Lipinski definition) is 1. The Morgan fingerprint density at radius 2 is 1.83 bits per heavy atom. The van der Waals surface area contributed by atoms with Crippen LogP contribution in [-0.4, -0.2) is 64.3 Å². The number of carbonyl (C=O) groups excluding carboxylic acids is 1. The highest BCUT2D eigenvalue weighted by atomic mass is 35.5. The molecule has 0 spiro atoms. The standard InChI is InChI=1S/C21H25ClFN3O4/c1-25(2)8-9-26-18(13-10-12(22)6-7-14(13)23)17-15(24-21(26)27)11-16(28-3)19(29-4)20(17)30-5/h6-7,10-11,18H,8-9H2,1-5H3,(H,24,27). The van der Waals surface area contributed by atoms with E-state index >= 15 is 0 Å². The topological polar surface area (TPSA) is 63.3 Å². The minimum Gasteiger partial charge on any atom is -0.493 e. The first-order valence-electron chi connectivity index (χ1n) is 9.32. The van der Waals surface area contributed by atoms with E-state index in [1.807, 2.05) is 19.0 Å². The van der Waals surface area contributed by atoms with Crippen LogP contribution in [0.5, 0.6) is 17.2 Å². The lowest BCUT2D eigenvalue weighted by Crippen LogP contribution is -2.46. The fourth-order valence-corrected chi connectivity index (χ4v) is 3.78. The zero-order chi connectivity index (χ0) is 22.0. The lowest BCUT2D eigenvalue weighted by molar-refractivity contribution is 0.184. The number of hydrogen-bond acceptors (Lipinski definition) is 5. The van der Waals surface area contributed by atoms with Crippen LogP contribution in [0.2, 0.25) is 5.02 Å². The Morgan fingerprint density at radius 1 is 1.13 bits per heavy atom. The third-order valence-electron chi connectivity index (χ3n) is 5.00. The lowest BCUT2D eigenvalue weighted by atomic mass is 9.91. The summed E-state index contributed by atoms with van der Waals surface area (Å²) in [7, 11) is 8.28. The summed E-state index contributed by atoms with van der Waals surface area (Å²) in [4.78, 5) is 16.5. The summed E-state index contributed by atoms with van der Waals surface area (Å²) < 4.78 is 31.6. The normalized spacial score (nSPS) is 15.7. The minimum absolute atomic E-state index is 0.267. The Morgan fingerprint density at radius 3 is 2.43 bits per heavy atom. The van der Waals surface area contributed by atoms with Gasteiger partial charge >= 0.3 is 6.03 Å². The molecule has 3 rings (SSSR count). The summed E-state index contributed by atoms with van der Waals surface area (Å²) in [5.74, 6) is 0.623. The van der Waals surface area contributed by atoms with Gasteiger partial charge in [0.25, 0.3) is 0 Å². The van der Waals surface area contributed by atoms with Crippen molar-refractivity contribution in [3.8, 4) is 17.2 Å². The molecule has 0 saturated carbocycles. The molecule has 2 amide bonds. The maximum Gasteiger partial charge on any atom is 0.322 e. The summed E-state index contributed by atoms with van der Waals surface area (Å²) in [6, 6.07) is 4.81. The first kappa shape index (κ1) is 22.0. The second kappa shape index (κ2) is 8.97. The maximum absolute atomic E-state index is 15.0. The summed E-state index contributed by atoms with van der Waals surface area (Å²) in [5.41, 5.74) is 1.29. The van der Waals surface area contributed by atoms with Gasteiger partial charge in [-0.25, -0.2) is 9.18 Å². The van der Waals surface area contributed by atoms with Crippen LogP contribution in [0.3, 0.4) is 0 Å². The van der Waals surface area contributed by atoms with Gasteiger partial charge in [0, 0.05) is 35.3 Å². The number of anilines is 1. The number of nitrogens with one attached hydrogen (secondary N) is 1. The number of nitrogens with zero attached hydrogens (tertiary/aromatic N) is 2. The lowest BCUT2D eigenvalue weighted by Gasteiger charge is -2.39. The van der Waals surface area contributed by atoms with E-state index in [2.05, 4.69) is 5.32 Å². The Kier molecular flexibility index (Phi) is 6.58. The number of benzene rings is 2. The highest BCUT2D eigenvalue weighted by Crippen LogP contribution is 2.51. The van der Waals surface area contributed by atoms with Crippen molar-refractivity contribution >= 4 is 23.3 Å². The number of urea groups is 1. The molecule has 7 nitrogen and oxygen atoms in total. The SMILES string of the molecule is COc1cc2c(c(OC)c1OC)C(c1cc(Cl)ccc1F)N(CCN(C)C)C(=O)N2. The van der Waals surface area contributed by atoms with Crippen LogP contribution in [0.25, 0.3) is 0 Å². The molecule has 1 aliphatic heterocycles. The van der Waals surface area contributed by atoms with Crippen LogP contribution in [0, 0.1) is 5.82 Å². The number of rotatable bonds is 7. The maximum atomic E-state index is 15.0. The van der Waals surface area contributed by atoms with Gasteiger partial charge in [0.05, 0.1) is 33.1 Å².